The first-order valence-electron chi connectivity index (χ1n) is 10.6. The van der Waals surface area contributed by atoms with Crippen LogP contribution >= 0.6 is 15.9 Å². The molecule has 1 aliphatic carbocycles. The van der Waals surface area contributed by atoms with E-state index < -0.39 is 6.04 Å². The minimum atomic E-state index is -0.589. The second-order valence-electron chi connectivity index (χ2n) is 8.33. The van der Waals surface area contributed by atoms with E-state index in [-0.39, 0.29) is 23.8 Å². The Balaban J connectivity index is 1.88. The van der Waals surface area contributed by atoms with Crippen LogP contribution in [0.5, 0.6) is 0 Å². The molecule has 2 aliphatic rings. The van der Waals surface area contributed by atoms with Crippen LogP contribution in [-0.2, 0) is 11.2 Å². The van der Waals surface area contributed by atoms with Crippen molar-refractivity contribution in [2.24, 2.45) is 11.7 Å². The van der Waals surface area contributed by atoms with Gasteiger partial charge >= 0.3 is 0 Å². The van der Waals surface area contributed by atoms with E-state index in [1.54, 1.807) is 11.5 Å². The third-order valence-electron chi connectivity index (χ3n) is 6.50. The highest BCUT2D eigenvalue weighted by Crippen LogP contribution is 2.44. The first-order valence-corrected chi connectivity index (χ1v) is 11.4. The monoisotopic (exact) mass is 472 g/mol. The molecule has 2 N–H and O–H groups in total. The van der Waals surface area contributed by atoms with Crippen molar-refractivity contribution < 1.29 is 9.59 Å². The van der Waals surface area contributed by atoms with Gasteiger partial charge in [-0.1, -0.05) is 18.2 Å². The molecule has 6 nitrogen and oxygen atoms in total. The zero-order valence-corrected chi connectivity index (χ0v) is 19.6. The maximum atomic E-state index is 13.1. The maximum Gasteiger partial charge on any atom is 0.248 e. The number of hydrogen-bond acceptors (Lipinski definition) is 4. The molecule has 7 heteroatoms. The molecular weight excluding hydrogens is 444 g/mol. The van der Waals surface area contributed by atoms with Crippen LogP contribution in [0, 0.1) is 5.92 Å². The largest absolute Gasteiger partial charge is 0.343 e. The van der Waals surface area contributed by atoms with Crippen molar-refractivity contribution in [2.75, 3.05) is 26.7 Å². The van der Waals surface area contributed by atoms with Crippen LogP contribution in [-0.4, -0.2) is 64.9 Å². The number of hydrogen-bond donors (Lipinski definition) is 1. The molecule has 1 aromatic heterocycles. The number of halogens is 1. The zero-order chi connectivity index (χ0) is 21.7. The number of carbonyl (C=O) groups is 2. The SMILES string of the molecule is CCN(CC)C(=O)[C@@H]1C=C2c3cccc4c3c(c(Br)n4C(=O)[C@H](C)N)C[C@H]2N(C)C1. The summed E-state index contributed by atoms with van der Waals surface area (Å²) in [5.74, 6) is -0.104. The molecule has 0 saturated carbocycles. The Bertz CT molecular complexity index is 1050. The highest BCUT2D eigenvalue weighted by Gasteiger charge is 2.38. The number of nitrogens with two attached hydrogens (primary N) is 1. The molecule has 0 spiro atoms. The van der Waals surface area contributed by atoms with Crippen LogP contribution in [0.3, 0.4) is 0 Å². The molecule has 2 aromatic rings. The average molecular weight is 473 g/mol. The summed E-state index contributed by atoms with van der Waals surface area (Å²) in [6, 6.07) is 5.66. The fraction of sp³-hybridized carbons (Fsp3) is 0.478. The lowest BCUT2D eigenvalue weighted by atomic mass is 9.79. The Kier molecular flexibility index (Phi) is 5.64. The van der Waals surface area contributed by atoms with Gasteiger partial charge < -0.3 is 10.6 Å². The molecule has 1 amide bonds. The summed E-state index contributed by atoms with van der Waals surface area (Å²) in [6.45, 7) is 7.89. The third-order valence-corrected chi connectivity index (χ3v) is 7.33. The van der Waals surface area contributed by atoms with Gasteiger partial charge in [0, 0.05) is 31.1 Å². The predicted molar refractivity (Wildman–Crippen MR) is 123 cm³/mol. The van der Waals surface area contributed by atoms with Gasteiger partial charge in [0.15, 0.2) is 0 Å². The molecule has 1 aliphatic heterocycles. The lowest BCUT2D eigenvalue weighted by molar-refractivity contribution is -0.134. The number of fused-ring (bicyclic) bond motifs is 2. The van der Waals surface area contributed by atoms with Crippen molar-refractivity contribution in [2.45, 2.75) is 39.3 Å². The molecule has 0 radical (unpaired) electrons. The molecule has 2 heterocycles. The molecule has 0 unspecified atom stereocenters. The summed E-state index contributed by atoms with van der Waals surface area (Å²) in [6.07, 6.45) is 2.96. The smallest absolute Gasteiger partial charge is 0.248 e. The van der Waals surface area contributed by atoms with E-state index in [0.717, 1.165) is 46.1 Å². The molecular formula is C23H29BrN4O2. The Morgan fingerprint density at radius 1 is 1.30 bits per heavy atom. The summed E-state index contributed by atoms with van der Waals surface area (Å²) < 4.78 is 2.50. The first-order chi connectivity index (χ1) is 14.3. The number of likely N-dealkylation sites (N-methyl/N-ethyl adjacent to an activating group) is 1. The number of aromatic nitrogens is 1. The maximum absolute atomic E-state index is 13.1. The Labute approximate surface area is 185 Å². The van der Waals surface area contributed by atoms with Crippen LogP contribution in [0.15, 0.2) is 28.9 Å². The van der Waals surface area contributed by atoms with Crippen molar-refractivity contribution in [3.05, 3.63) is 40.0 Å². The molecule has 0 fully saturated rings. The molecule has 0 saturated heterocycles. The number of rotatable bonds is 4. The van der Waals surface area contributed by atoms with Gasteiger partial charge in [0.1, 0.15) is 0 Å². The minimum Gasteiger partial charge on any atom is -0.343 e. The Morgan fingerprint density at radius 3 is 2.63 bits per heavy atom. The Hall–Kier alpha value is -1.96. The highest BCUT2D eigenvalue weighted by atomic mass is 79.9. The van der Waals surface area contributed by atoms with Gasteiger partial charge in [0.2, 0.25) is 11.8 Å². The fourth-order valence-corrected chi connectivity index (χ4v) is 5.66. The van der Waals surface area contributed by atoms with E-state index in [4.69, 9.17) is 5.73 Å². The van der Waals surface area contributed by atoms with Crippen molar-refractivity contribution in [1.29, 1.82) is 0 Å². The van der Waals surface area contributed by atoms with Gasteiger partial charge in [-0.15, -0.1) is 0 Å². The van der Waals surface area contributed by atoms with Crippen molar-refractivity contribution in [1.82, 2.24) is 14.4 Å². The number of carbonyl (C=O) groups excluding carboxylic acids is 2. The predicted octanol–water partition coefficient (Wildman–Crippen LogP) is 3.13. The van der Waals surface area contributed by atoms with Gasteiger partial charge in [-0.2, -0.15) is 0 Å². The van der Waals surface area contributed by atoms with Gasteiger partial charge in [-0.25, -0.2) is 0 Å². The number of amides is 1. The third kappa shape index (κ3) is 3.15. The number of benzene rings is 1. The van der Waals surface area contributed by atoms with Gasteiger partial charge in [0.25, 0.3) is 0 Å². The lowest BCUT2D eigenvalue weighted by Crippen LogP contribution is -2.47. The van der Waals surface area contributed by atoms with E-state index in [9.17, 15) is 9.59 Å². The van der Waals surface area contributed by atoms with Crippen LogP contribution in [0.2, 0.25) is 0 Å². The summed E-state index contributed by atoms with van der Waals surface area (Å²) in [7, 11) is 2.09. The summed E-state index contributed by atoms with van der Waals surface area (Å²) in [5, 5.41) is 1.09. The lowest BCUT2D eigenvalue weighted by Gasteiger charge is -2.40. The van der Waals surface area contributed by atoms with E-state index in [2.05, 4.69) is 40.0 Å². The molecule has 30 heavy (non-hydrogen) atoms. The van der Waals surface area contributed by atoms with Gasteiger partial charge in [-0.3, -0.25) is 19.1 Å². The first kappa shape index (κ1) is 21.3. The second-order valence-corrected chi connectivity index (χ2v) is 9.08. The summed E-state index contributed by atoms with van der Waals surface area (Å²) >= 11 is 3.69. The van der Waals surface area contributed by atoms with Crippen molar-refractivity contribution >= 4 is 44.2 Å². The quantitative estimate of drug-likeness (QED) is 0.741. The van der Waals surface area contributed by atoms with Crippen LogP contribution < -0.4 is 5.73 Å². The standard InChI is InChI=1S/C23H29BrN4O2/c1-5-27(6-2)23(30)14-10-16-15-8-7-9-18-20(15)17(11-19(16)26(4)12-14)21(24)28(18)22(29)13(3)25/h7-10,13-14,19H,5-6,11-12,25H2,1-4H3/t13-,14+,19+/m0/s1. The summed E-state index contributed by atoms with van der Waals surface area (Å²) in [4.78, 5) is 30.1. The van der Waals surface area contributed by atoms with E-state index in [1.807, 2.05) is 30.9 Å². The zero-order valence-electron chi connectivity index (χ0n) is 18.0. The molecule has 3 atom stereocenters. The summed E-state index contributed by atoms with van der Waals surface area (Å²) in [5.41, 5.74) is 10.2. The molecule has 0 bridgehead atoms. The topological polar surface area (TPSA) is 71.6 Å². The van der Waals surface area contributed by atoms with E-state index >= 15 is 0 Å². The minimum absolute atomic E-state index is 0.128. The van der Waals surface area contributed by atoms with Crippen molar-refractivity contribution in [3.8, 4) is 0 Å². The molecule has 1 aromatic carbocycles. The van der Waals surface area contributed by atoms with Crippen LogP contribution in [0.4, 0.5) is 0 Å². The van der Waals surface area contributed by atoms with E-state index in [1.165, 1.54) is 5.57 Å². The van der Waals surface area contributed by atoms with Crippen LogP contribution in [0.25, 0.3) is 16.5 Å². The number of nitrogens with zero attached hydrogens (tertiary/aromatic N) is 3. The van der Waals surface area contributed by atoms with Crippen molar-refractivity contribution in [3.63, 3.8) is 0 Å². The van der Waals surface area contributed by atoms with Crippen LogP contribution in [0.1, 0.15) is 36.7 Å². The van der Waals surface area contributed by atoms with E-state index in [0.29, 0.717) is 6.54 Å². The van der Waals surface area contributed by atoms with Gasteiger partial charge in [-0.05, 0) is 72.9 Å². The molecule has 4 rings (SSSR count). The average Bonchev–Trinajstić information content (AvgIpc) is 3.01. The second kappa shape index (κ2) is 7.94. The van der Waals surface area contributed by atoms with Gasteiger partial charge in [0.05, 0.1) is 22.1 Å². The molecule has 160 valence electrons. The highest BCUT2D eigenvalue weighted by molar-refractivity contribution is 9.10. The fourth-order valence-electron chi connectivity index (χ4n) is 4.94. The Morgan fingerprint density at radius 2 is 2.00 bits per heavy atom. The normalized spacial score (nSPS) is 21.9.